The van der Waals surface area contributed by atoms with Crippen LogP contribution in [0.25, 0.3) is 11.0 Å². The highest BCUT2D eigenvalue weighted by molar-refractivity contribution is 7.70. The van der Waals surface area contributed by atoms with Gasteiger partial charge in [0.15, 0.2) is 23.9 Å². The Hall–Kier alpha value is -2.07. The Morgan fingerprint density at radius 2 is 1.86 bits per heavy atom. The molecule has 0 aliphatic carbocycles. The van der Waals surface area contributed by atoms with Gasteiger partial charge in [-0.2, -0.15) is 15.1 Å². The molecule has 0 saturated carbocycles. The van der Waals surface area contributed by atoms with Crippen molar-refractivity contribution in [2.75, 3.05) is 17.8 Å². The maximum absolute atomic E-state index is 13.1. The third kappa shape index (κ3) is 6.33. The van der Waals surface area contributed by atoms with Crippen molar-refractivity contribution in [3.63, 3.8) is 0 Å². The van der Waals surface area contributed by atoms with Gasteiger partial charge >= 0.3 is 15.2 Å². The van der Waals surface area contributed by atoms with Gasteiger partial charge < -0.3 is 44.6 Å². The number of benzene rings is 1. The predicted octanol–water partition coefficient (Wildman–Crippen LogP) is 0.507. The van der Waals surface area contributed by atoms with Gasteiger partial charge in [0.1, 0.15) is 17.7 Å². The van der Waals surface area contributed by atoms with Crippen molar-refractivity contribution >= 4 is 43.6 Å². The minimum Gasteiger partial charge on any atom is -0.383 e. The lowest BCUT2D eigenvalue weighted by molar-refractivity contribution is -0.234. The molecule has 1 aliphatic heterocycles. The summed E-state index contributed by atoms with van der Waals surface area (Å²) in [6.45, 7) is -0.796. The number of nitrogens with one attached hydrogen (secondary N) is 1. The van der Waals surface area contributed by atoms with Crippen LogP contribution in [0.5, 0.6) is 0 Å². The van der Waals surface area contributed by atoms with Crippen molar-refractivity contribution in [2.45, 2.75) is 30.8 Å². The molecule has 2 aromatic heterocycles. The summed E-state index contributed by atoms with van der Waals surface area (Å²) in [5, 5.41) is 38.4. The highest BCUT2D eigenvalue weighted by Gasteiger charge is 2.56. The van der Waals surface area contributed by atoms with Crippen LogP contribution in [0.1, 0.15) is 11.8 Å². The number of aliphatic hydroxyl groups excluding tert-OH is 1. The molecule has 0 radical (unpaired) electrons. The normalized spacial score (nSPS) is 23.3. The minimum absolute atomic E-state index is 0.0114. The van der Waals surface area contributed by atoms with Crippen LogP contribution in [-0.2, 0) is 24.9 Å². The zero-order valence-electron chi connectivity index (χ0n) is 18.5. The molecule has 1 fully saturated rings. The molecule has 15 nitrogen and oxygen atoms in total. The molecule has 4 rings (SSSR count). The number of rotatable bonds is 9. The summed E-state index contributed by atoms with van der Waals surface area (Å²) >= 11 is 6.04. The summed E-state index contributed by atoms with van der Waals surface area (Å²) in [5.41, 5.74) is 0.733. The lowest BCUT2D eigenvalue weighted by Gasteiger charge is -2.25. The van der Waals surface area contributed by atoms with Gasteiger partial charge in [0.25, 0.3) is 0 Å². The van der Waals surface area contributed by atoms with Gasteiger partial charge in [0.05, 0.1) is 18.2 Å². The topological polar surface area (TPSA) is 230 Å². The number of hydrogen-bond acceptors (Lipinski definition) is 11. The van der Waals surface area contributed by atoms with Crippen LogP contribution in [-0.4, -0.2) is 80.3 Å². The molecule has 1 aliphatic rings. The summed E-state index contributed by atoms with van der Waals surface area (Å²) < 4.78 is 47.1. The lowest BCUT2D eigenvalue weighted by atomic mass is 10.1. The highest BCUT2D eigenvalue weighted by Crippen LogP contribution is 2.55. The first kappa shape index (κ1) is 28.0. The molecule has 0 bridgehead atoms. The van der Waals surface area contributed by atoms with Gasteiger partial charge in [-0.3, -0.25) is 9.13 Å². The largest absolute Gasteiger partial charge is 0.383 e. The lowest BCUT2D eigenvalue weighted by Crippen LogP contribution is -2.49. The Balaban J connectivity index is 1.56. The van der Waals surface area contributed by atoms with Crippen molar-refractivity contribution in [2.24, 2.45) is 0 Å². The van der Waals surface area contributed by atoms with E-state index in [2.05, 4.69) is 24.9 Å². The average Bonchev–Trinajstić information content (AvgIpc) is 3.28. The smallest absolute Gasteiger partial charge is 0.340 e. The van der Waals surface area contributed by atoms with E-state index in [9.17, 15) is 33.7 Å². The van der Waals surface area contributed by atoms with Crippen molar-refractivity contribution in [1.29, 1.82) is 0 Å². The van der Waals surface area contributed by atoms with E-state index in [0.717, 1.165) is 10.2 Å². The van der Waals surface area contributed by atoms with Gasteiger partial charge in [-0.05, 0) is 29.3 Å². The van der Waals surface area contributed by atoms with Gasteiger partial charge in [0, 0.05) is 6.54 Å². The number of ether oxygens (including phenoxy) is 1. The van der Waals surface area contributed by atoms with Crippen LogP contribution in [0.15, 0.2) is 30.5 Å². The minimum atomic E-state index is -4.93. The van der Waals surface area contributed by atoms with Crippen molar-refractivity contribution in [3.8, 4) is 0 Å². The summed E-state index contributed by atoms with van der Waals surface area (Å²) in [5.74, 6) is -4.71. The predicted molar refractivity (Wildman–Crippen MR) is 124 cm³/mol. The first-order valence-corrected chi connectivity index (χ1v) is 14.3. The van der Waals surface area contributed by atoms with Crippen LogP contribution in [0, 0.1) is 5.82 Å². The van der Waals surface area contributed by atoms with E-state index < -0.39 is 57.7 Å². The number of fused-ring (bicyclic) bond motifs is 1. The zero-order chi connectivity index (χ0) is 27.2. The van der Waals surface area contributed by atoms with Gasteiger partial charge in [-0.25, -0.2) is 9.07 Å². The first-order valence-electron chi connectivity index (χ1n) is 10.3. The van der Waals surface area contributed by atoms with E-state index in [1.165, 1.54) is 18.3 Å². The van der Waals surface area contributed by atoms with Crippen molar-refractivity contribution in [1.82, 2.24) is 19.7 Å². The monoisotopic (exact) mass is 583 g/mol. The van der Waals surface area contributed by atoms with Gasteiger partial charge in [-0.1, -0.05) is 12.1 Å². The first-order chi connectivity index (χ1) is 17.2. The molecule has 1 saturated heterocycles. The molecule has 1 aromatic carbocycles. The SMILES string of the molecule is O=P(O)(O)CP(=O)(O)OC[C@H]1O[C@@H](n2ncc3c(NCc4ccc(F)cc4)nc(Cl)nc32)[C@H](O)C1(O)O. The number of halogens is 2. The molecule has 3 heterocycles. The van der Waals surface area contributed by atoms with Crippen LogP contribution < -0.4 is 5.32 Å². The average molecular weight is 584 g/mol. The molecule has 7 N–H and O–H groups in total. The maximum atomic E-state index is 13.1. The van der Waals surface area contributed by atoms with E-state index in [1.807, 2.05) is 0 Å². The summed E-state index contributed by atoms with van der Waals surface area (Å²) in [4.78, 5) is 35.6. The van der Waals surface area contributed by atoms with E-state index in [4.69, 9.17) is 26.1 Å². The standard InChI is InChI=1S/C18H21ClFN5O10P2/c19-17-23-14(21-5-9-1-3-10(20)4-2-9)11-6-22-25(15(11)24-17)16-13(26)18(27,28)12(35-16)7-34-37(32,33)8-36(29,30)31/h1-4,6,12-13,16,26-28H,5,7-8H2,(H,32,33)(H,21,23,24)(H2,29,30,31)/t12-,13+,16-/m1/s1. The molecule has 0 amide bonds. The van der Waals surface area contributed by atoms with E-state index in [-0.39, 0.29) is 23.3 Å². The fourth-order valence-corrected chi connectivity index (χ4v) is 6.28. The molecule has 19 heteroatoms. The van der Waals surface area contributed by atoms with Crippen LogP contribution >= 0.6 is 26.8 Å². The second-order valence-electron chi connectivity index (χ2n) is 8.13. The van der Waals surface area contributed by atoms with Crippen LogP contribution in [0.2, 0.25) is 5.28 Å². The second-order valence-corrected chi connectivity index (χ2v) is 12.5. The number of aliphatic hydroxyl groups is 3. The van der Waals surface area contributed by atoms with Gasteiger partial charge in [-0.15, -0.1) is 0 Å². The van der Waals surface area contributed by atoms with Gasteiger partial charge in [0.2, 0.25) is 11.1 Å². The molecule has 4 atom stereocenters. The molecular formula is C18H21ClFN5O10P2. The molecule has 202 valence electrons. The van der Waals surface area contributed by atoms with Crippen molar-refractivity contribution < 1.29 is 52.8 Å². The summed E-state index contributed by atoms with van der Waals surface area (Å²) in [6.07, 6.45) is -4.22. The third-order valence-electron chi connectivity index (χ3n) is 5.31. The molecule has 0 spiro atoms. The Bertz CT molecular complexity index is 1390. The van der Waals surface area contributed by atoms with E-state index in [1.54, 1.807) is 12.1 Å². The molecule has 3 aromatic rings. The third-order valence-corrected chi connectivity index (χ3v) is 8.94. The Morgan fingerprint density at radius 3 is 2.51 bits per heavy atom. The Morgan fingerprint density at radius 1 is 1.19 bits per heavy atom. The fraction of sp³-hybridized carbons (Fsp3) is 0.389. The molecular weight excluding hydrogens is 563 g/mol. The molecule has 37 heavy (non-hydrogen) atoms. The number of aromatic nitrogens is 4. The van der Waals surface area contributed by atoms with Crippen molar-refractivity contribution in [3.05, 3.63) is 47.1 Å². The fourth-order valence-electron chi connectivity index (χ4n) is 3.56. The summed E-state index contributed by atoms with van der Waals surface area (Å²) in [6, 6.07) is 5.69. The maximum Gasteiger partial charge on any atom is 0.340 e. The zero-order valence-corrected chi connectivity index (χ0v) is 21.0. The van der Waals surface area contributed by atoms with Crippen LogP contribution in [0.4, 0.5) is 10.2 Å². The van der Waals surface area contributed by atoms with E-state index in [0.29, 0.717) is 5.39 Å². The second kappa shape index (κ2) is 10.2. The number of hydrogen-bond donors (Lipinski definition) is 7. The molecule has 1 unspecified atom stereocenters. The Kier molecular flexibility index (Phi) is 7.74. The van der Waals surface area contributed by atoms with Crippen LogP contribution in [0.3, 0.4) is 0 Å². The quantitative estimate of drug-likeness (QED) is 0.103. The van der Waals surface area contributed by atoms with E-state index >= 15 is 0 Å². The number of anilines is 1. The summed E-state index contributed by atoms with van der Waals surface area (Å²) in [7, 11) is -9.77. The number of nitrogens with zero attached hydrogens (tertiary/aromatic N) is 4. The Labute approximate surface area is 212 Å². The highest BCUT2D eigenvalue weighted by atomic mass is 35.5.